The number of halogens is 1. The van der Waals surface area contributed by atoms with Gasteiger partial charge in [-0.25, -0.2) is 4.39 Å². The third-order valence-corrected chi connectivity index (χ3v) is 3.87. The highest BCUT2D eigenvalue weighted by Gasteiger charge is 2.13. The Hall–Kier alpha value is -1.89. The van der Waals surface area contributed by atoms with Crippen molar-refractivity contribution < 1.29 is 9.18 Å². The number of rotatable bonds is 5. The summed E-state index contributed by atoms with van der Waals surface area (Å²) in [5, 5.41) is 11.6. The molecule has 0 atom stereocenters. The fraction of sp³-hybridized carbons (Fsp3) is 0.357. The number of anilines is 1. The maximum atomic E-state index is 12.8. The molecule has 0 fully saturated rings. The van der Waals surface area contributed by atoms with Crippen molar-refractivity contribution in [3.8, 4) is 0 Å². The molecule has 5 nitrogen and oxygen atoms in total. The third kappa shape index (κ3) is 4.04. The molecule has 2 rings (SSSR count). The van der Waals surface area contributed by atoms with Crippen molar-refractivity contribution in [3.05, 3.63) is 35.9 Å². The van der Waals surface area contributed by atoms with Crippen LogP contribution >= 0.6 is 11.8 Å². The van der Waals surface area contributed by atoms with Crippen LogP contribution in [0.4, 0.5) is 10.1 Å². The highest BCUT2D eigenvalue weighted by atomic mass is 32.2. The molecule has 1 aromatic carbocycles. The largest absolute Gasteiger partial charge is 0.325 e. The second kappa shape index (κ2) is 6.71. The molecule has 0 spiro atoms. The van der Waals surface area contributed by atoms with Gasteiger partial charge in [0.05, 0.1) is 5.75 Å². The Morgan fingerprint density at radius 2 is 2.00 bits per heavy atom. The maximum absolute atomic E-state index is 12.8. The number of aromatic nitrogens is 3. The van der Waals surface area contributed by atoms with Crippen LogP contribution in [0, 0.1) is 5.82 Å². The average Bonchev–Trinajstić information content (AvgIpc) is 2.80. The van der Waals surface area contributed by atoms with Crippen molar-refractivity contribution in [2.45, 2.75) is 24.9 Å². The van der Waals surface area contributed by atoms with Gasteiger partial charge < -0.3 is 9.88 Å². The quantitative estimate of drug-likeness (QED) is 0.863. The van der Waals surface area contributed by atoms with E-state index in [-0.39, 0.29) is 23.4 Å². The molecule has 21 heavy (non-hydrogen) atoms. The first-order valence-electron chi connectivity index (χ1n) is 6.55. The molecule has 0 aliphatic heterocycles. The van der Waals surface area contributed by atoms with E-state index in [9.17, 15) is 9.18 Å². The van der Waals surface area contributed by atoms with Crippen LogP contribution in [-0.4, -0.2) is 26.4 Å². The van der Waals surface area contributed by atoms with Crippen molar-refractivity contribution in [2.75, 3.05) is 11.1 Å². The zero-order valence-electron chi connectivity index (χ0n) is 12.1. The minimum absolute atomic E-state index is 0.166. The van der Waals surface area contributed by atoms with E-state index in [0.717, 1.165) is 5.82 Å². The second-order valence-corrected chi connectivity index (χ2v) is 5.84. The molecule has 1 heterocycles. The molecule has 0 unspecified atom stereocenters. The normalized spacial score (nSPS) is 10.9. The van der Waals surface area contributed by atoms with Gasteiger partial charge in [0, 0.05) is 18.7 Å². The van der Waals surface area contributed by atoms with Crippen LogP contribution in [0.2, 0.25) is 0 Å². The van der Waals surface area contributed by atoms with E-state index < -0.39 is 0 Å². The van der Waals surface area contributed by atoms with E-state index in [1.807, 2.05) is 25.5 Å². The van der Waals surface area contributed by atoms with Crippen LogP contribution in [0.15, 0.2) is 29.4 Å². The summed E-state index contributed by atoms with van der Waals surface area (Å²) in [6.07, 6.45) is 0. The Bertz CT molecular complexity index is 624. The Morgan fingerprint density at radius 1 is 1.33 bits per heavy atom. The molecular formula is C14H17FN4OS. The number of hydrogen-bond donors (Lipinski definition) is 1. The summed E-state index contributed by atoms with van der Waals surface area (Å²) in [7, 11) is 1.88. The third-order valence-electron chi connectivity index (χ3n) is 2.85. The lowest BCUT2D eigenvalue weighted by Crippen LogP contribution is -2.14. The lowest BCUT2D eigenvalue weighted by atomic mass is 10.2. The van der Waals surface area contributed by atoms with E-state index in [2.05, 4.69) is 15.5 Å². The minimum atomic E-state index is -0.331. The van der Waals surface area contributed by atoms with E-state index in [1.165, 1.54) is 36.0 Å². The van der Waals surface area contributed by atoms with Gasteiger partial charge in [0.2, 0.25) is 5.91 Å². The first-order chi connectivity index (χ1) is 9.97. The summed E-state index contributed by atoms with van der Waals surface area (Å²) < 4.78 is 14.7. The standard InChI is InChI=1S/C14H17FN4OS/c1-9(2)13-17-18-14(19(13)3)21-8-12(20)16-11-6-4-10(15)5-7-11/h4-7,9H,8H2,1-3H3,(H,16,20). The Kier molecular flexibility index (Phi) is 4.95. The summed E-state index contributed by atoms with van der Waals surface area (Å²) in [5.74, 6) is 0.895. The van der Waals surface area contributed by atoms with Gasteiger partial charge in [0.15, 0.2) is 5.16 Å². The van der Waals surface area contributed by atoms with Gasteiger partial charge in [0.25, 0.3) is 0 Å². The van der Waals surface area contributed by atoms with Crippen molar-refractivity contribution in [1.82, 2.24) is 14.8 Å². The number of carbonyl (C=O) groups excluding carboxylic acids is 1. The zero-order chi connectivity index (χ0) is 15.4. The van der Waals surface area contributed by atoms with Gasteiger partial charge in [-0.15, -0.1) is 10.2 Å². The molecule has 0 saturated carbocycles. The Labute approximate surface area is 127 Å². The molecule has 7 heteroatoms. The molecule has 1 N–H and O–H groups in total. The highest BCUT2D eigenvalue weighted by molar-refractivity contribution is 7.99. The zero-order valence-corrected chi connectivity index (χ0v) is 12.9. The smallest absolute Gasteiger partial charge is 0.234 e. The van der Waals surface area contributed by atoms with Gasteiger partial charge >= 0.3 is 0 Å². The number of nitrogens with one attached hydrogen (secondary N) is 1. The fourth-order valence-corrected chi connectivity index (χ4v) is 2.53. The molecule has 1 amide bonds. The number of nitrogens with zero attached hydrogens (tertiary/aromatic N) is 3. The van der Waals surface area contributed by atoms with Crippen molar-refractivity contribution in [3.63, 3.8) is 0 Å². The number of benzene rings is 1. The van der Waals surface area contributed by atoms with Crippen LogP contribution in [0.25, 0.3) is 0 Å². The maximum Gasteiger partial charge on any atom is 0.234 e. The van der Waals surface area contributed by atoms with Gasteiger partial charge in [0.1, 0.15) is 11.6 Å². The summed E-state index contributed by atoms with van der Waals surface area (Å²) in [6.45, 7) is 4.08. The molecule has 0 bridgehead atoms. The number of hydrogen-bond acceptors (Lipinski definition) is 4. The van der Waals surface area contributed by atoms with E-state index in [1.54, 1.807) is 0 Å². The van der Waals surface area contributed by atoms with Gasteiger partial charge in [-0.1, -0.05) is 25.6 Å². The average molecular weight is 308 g/mol. The summed E-state index contributed by atoms with van der Waals surface area (Å²) in [6, 6.07) is 5.66. The van der Waals surface area contributed by atoms with Crippen molar-refractivity contribution >= 4 is 23.4 Å². The monoisotopic (exact) mass is 308 g/mol. The second-order valence-electron chi connectivity index (χ2n) is 4.90. The van der Waals surface area contributed by atoms with Gasteiger partial charge in [-0.3, -0.25) is 4.79 Å². The molecule has 0 radical (unpaired) electrons. The predicted molar refractivity (Wildman–Crippen MR) is 80.8 cm³/mol. The molecule has 112 valence electrons. The minimum Gasteiger partial charge on any atom is -0.325 e. The molecule has 0 aliphatic carbocycles. The van der Waals surface area contributed by atoms with Crippen LogP contribution in [0.1, 0.15) is 25.6 Å². The predicted octanol–water partition coefficient (Wildman–Crippen LogP) is 2.81. The lowest BCUT2D eigenvalue weighted by Gasteiger charge is -2.06. The topological polar surface area (TPSA) is 59.8 Å². The SMILES string of the molecule is CC(C)c1nnc(SCC(=O)Nc2ccc(F)cc2)n1C. The van der Waals surface area contributed by atoms with Crippen molar-refractivity contribution in [1.29, 1.82) is 0 Å². The molecule has 0 aliphatic rings. The first kappa shape index (κ1) is 15.5. The summed E-state index contributed by atoms with van der Waals surface area (Å²) in [4.78, 5) is 11.8. The Balaban J connectivity index is 1.91. The Morgan fingerprint density at radius 3 is 2.57 bits per heavy atom. The van der Waals surface area contributed by atoms with E-state index in [4.69, 9.17) is 0 Å². The lowest BCUT2D eigenvalue weighted by molar-refractivity contribution is -0.113. The molecule has 1 aromatic heterocycles. The van der Waals surface area contributed by atoms with Crippen LogP contribution in [-0.2, 0) is 11.8 Å². The van der Waals surface area contributed by atoms with E-state index in [0.29, 0.717) is 10.8 Å². The van der Waals surface area contributed by atoms with Crippen LogP contribution in [0.5, 0.6) is 0 Å². The van der Waals surface area contributed by atoms with Crippen molar-refractivity contribution in [2.24, 2.45) is 7.05 Å². The highest BCUT2D eigenvalue weighted by Crippen LogP contribution is 2.20. The fourth-order valence-electron chi connectivity index (χ4n) is 1.82. The molecule has 0 saturated heterocycles. The number of thioether (sulfide) groups is 1. The van der Waals surface area contributed by atoms with E-state index >= 15 is 0 Å². The first-order valence-corrected chi connectivity index (χ1v) is 7.53. The molecular weight excluding hydrogens is 291 g/mol. The summed E-state index contributed by atoms with van der Waals surface area (Å²) >= 11 is 1.32. The molecule has 2 aromatic rings. The van der Waals surface area contributed by atoms with Crippen LogP contribution in [0.3, 0.4) is 0 Å². The number of carbonyl (C=O) groups is 1. The number of amides is 1. The van der Waals surface area contributed by atoms with Gasteiger partial charge in [-0.2, -0.15) is 0 Å². The summed E-state index contributed by atoms with van der Waals surface area (Å²) in [5.41, 5.74) is 0.572. The van der Waals surface area contributed by atoms with Gasteiger partial charge in [-0.05, 0) is 24.3 Å². The van der Waals surface area contributed by atoms with Crippen LogP contribution < -0.4 is 5.32 Å².